The zero-order chi connectivity index (χ0) is 18.4. The number of amides is 1. The van der Waals surface area contributed by atoms with Gasteiger partial charge in [0.15, 0.2) is 0 Å². The molecule has 0 spiro atoms. The molecule has 3 rings (SSSR count). The molecular weight excluding hydrogens is 364 g/mol. The first-order valence-corrected chi connectivity index (χ1v) is 10.2. The van der Waals surface area contributed by atoms with Crippen LogP contribution in [0.5, 0.6) is 5.75 Å². The molecule has 1 N–H and O–H groups in total. The summed E-state index contributed by atoms with van der Waals surface area (Å²) in [6.45, 7) is 2.67. The summed E-state index contributed by atoms with van der Waals surface area (Å²) in [6.07, 6.45) is 1.99. The van der Waals surface area contributed by atoms with E-state index in [0.717, 1.165) is 28.4 Å². The lowest BCUT2D eigenvalue weighted by Gasteiger charge is -2.08. The molecule has 6 heteroatoms. The van der Waals surface area contributed by atoms with Crippen molar-refractivity contribution in [2.45, 2.75) is 26.2 Å². The van der Waals surface area contributed by atoms with E-state index in [4.69, 9.17) is 4.74 Å². The van der Waals surface area contributed by atoms with Crippen molar-refractivity contribution in [2.24, 2.45) is 0 Å². The van der Waals surface area contributed by atoms with E-state index in [-0.39, 0.29) is 5.91 Å². The molecule has 2 heterocycles. The predicted molar refractivity (Wildman–Crippen MR) is 108 cm³/mol. The molecule has 0 radical (unpaired) electrons. The number of rotatable bonds is 8. The van der Waals surface area contributed by atoms with Gasteiger partial charge in [-0.2, -0.15) is 0 Å². The van der Waals surface area contributed by atoms with Crippen molar-refractivity contribution < 1.29 is 9.53 Å². The van der Waals surface area contributed by atoms with Crippen LogP contribution in [-0.2, 0) is 17.6 Å². The van der Waals surface area contributed by atoms with Crippen LogP contribution in [0.3, 0.4) is 0 Å². The number of thiazole rings is 1. The fourth-order valence-electron chi connectivity index (χ4n) is 2.70. The van der Waals surface area contributed by atoms with E-state index in [2.05, 4.69) is 27.8 Å². The molecule has 0 aliphatic carbocycles. The highest BCUT2D eigenvalue weighted by Crippen LogP contribution is 2.29. The van der Waals surface area contributed by atoms with Crippen molar-refractivity contribution in [2.75, 3.05) is 13.7 Å². The first-order valence-electron chi connectivity index (χ1n) is 8.55. The zero-order valence-electron chi connectivity index (χ0n) is 15.0. The van der Waals surface area contributed by atoms with Crippen LogP contribution >= 0.6 is 22.7 Å². The highest BCUT2D eigenvalue weighted by Gasteiger charge is 2.08. The van der Waals surface area contributed by atoms with E-state index in [9.17, 15) is 4.79 Å². The lowest BCUT2D eigenvalue weighted by Crippen LogP contribution is -2.25. The average molecular weight is 387 g/mol. The first-order chi connectivity index (χ1) is 12.7. The monoisotopic (exact) mass is 386 g/mol. The van der Waals surface area contributed by atoms with Gasteiger partial charge in [0.2, 0.25) is 5.91 Å². The number of hydrogen-bond donors (Lipinski definition) is 1. The molecule has 1 aromatic carbocycles. The second-order valence-electron chi connectivity index (χ2n) is 5.93. The largest absolute Gasteiger partial charge is 0.496 e. The number of nitrogens with one attached hydrogen (secondary N) is 1. The number of aryl methyl sites for hydroxylation is 2. The minimum Gasteiger partial charge on any atom is -0.496 e. The standard InChI is InChI=1S/C20H22N2O2S2/c1-14-22-17(13-25-14)19-9-8-16(26-19)11-12-21-20(23)10-7-15-5-3-4-6-18(15)24-2/h3-6,8-9,13H,7,10-12H2,1-2H3,(H,21,23). The van der Waals surface area contributed by atoms with Gasteiger partial charge in [-0.15, -0.1) is 22.7 Å². The number of carbonyl (C=O) groups is 1. The van der Waals surface area contributed by atoms with Crippen molar-refractivity contribution >= 4 is 28.6 Å². The highest BCUT2D eigenvalue weighted by atomic mass is 32.1. The summed E-state index contributed by atoms with van der Waals surface area (Å²) >= 11 is 3.41. The number of thiophene rings is 1. The quantitative estimate of drug-likeness (QED) is 0.621. The Balaban J connectivity index is 1.43. The van der Waals surface area contributed by atoms with Crippen molar-refractivity contribution in [3.05, 3.63) is 57.2 Å². The SMILES string of the molecule is COc1ccccc1CCC(=O)NCCc1ccc(-c2csc(C)n2)s1. The van der Waals surface area contributed by atoms with Gasteiger partial charge in [0.05, 0.1) is 22.7 Å². The number of hydrogen-bond acceptors (Lipinski definition) is 5. The van der Waals surface area contributed by atoms with Crippen LogP contribution in [0.2, 0.25) is 0 Å². The molecule has 0 unspecified atom stereocenters. The van der Waals surface area contributed by atoms with Crippen molar-refractivity contribution in [1.29, 1.82) is 0 Å². The fourth-order valence-corrected chi connectivity index (χ4v) is 4.35. The van der Waals surface area contributed by atoms with Gasteiger partial charge in [-0.05, 0) is 43.5 Å². The minimum absolute atomic E-state index is 0.0720. The Morgan fingerprint density at radius 1 is 1.19 bits per heavy atom. The van der Waals surface area contributed by atoms with Crippen molar-refractivity contribution in [1.82, 2.24) is 10.3 Å². The molecule has 0 aliphatic rings. The van der Waals surface area contributed by atoms with Crippen molar-refractivity contribution in [3.63, 3.8) is 0 Å². The number of nitrogens with zero attached hydrogens (tertiary/aromatic N) is 1. The van der Waals surface area contributed by atoms with Crippen LogP contribution in [0.15, 0.2) is 41.8 Å². The summed E-state index contributed by atoms with van der Waals surface area (Å²) in [5.74, 6) is 0.909. The van der Waals surface area contributed by atoms with Gasteiger partial charge in [-0.25, -0.2) is 4.98 Å². The summed E-state index contributed by atoms with van der Waals surface area (Å²) in [6, 6.07) is 12.1. The Morgan fingerprint density at radius 3 is 2.81 bits per heavy atom. The van der Waals surface area contributed by atoms with E-state index >= 15 is 0 Å². The summed E-state index contributed by atoms with van der Waals surface area (Å²) in [5, 5.41) is 6.17. The van der Waals surface area contributed by atoms with E-state index < -0.39 is 0 Å². The zero-order valence-corrected chi connectivity index (χ0v) is 16.6. The molecule has 0 aliphatic heterocycles. The summed E-state index contributed by atoms with van der Waals surface area (Å²) in [4.78, 5) is 19.0. The summed E-state index contributed by atoms with van der Waals surface area (Å²) < 4.78 is 5.32. The third kappa shape index (κ3) is 4.93. The first kappa shape index (κ1) is 18.6. The number of methoxy groups -OCH3 is 1. The molecule has 3 aromatic rings. The molecule has 0 atom stereocenters. The Kier molecular flexibility index (Phi) is 6.41. The maximum atomic E-state index is 12.1. The van der Waals surface area contributed by atoms with Crippen LogP contribution in [0.25, 0.3) is 10.6 Å². The van der Waals surface area contributed by atoms with E-state index in [1.54, 1.807) is 29.8 Å². The summed E-state index contributed by atoms with van der Waals surface area (Å²) in [5.41, 5.74) is 2.11. The number of carbonyl (C=O) groups excluding carboxylic acids is 1. The van der Waals surface area contributed by atoms with Crippen LogP contribution in [0.1, 0.15) is 21.9 Å². The lowest BCUT2D eigenvalue weighted by molar-refractivity contribution is -0.121. The van der Waals surface area contributed by atoms with Gasteiger partial charge in [0.25, 0.3) is 0 Å². The maximum Gasteiger partial charge on any atom is 0.220 e. The van der Waals surface area contributed by atoms with Gasteiger partial charge in [-0.3, -0.25) is 4.79 Å². The van der Waals surface area contributed by atoms with Crippen LogP contribution < -0.4 is 10.1 Å². The second kappa shape index (κ2) is 8.96. The van der Waals surface area contributed by atoms with Crippen LogP contribution in [0, 0.1) is 6.92 Å². The molecule has 0 saturated heterocycles. The molecule has 26 heavy (non-hydrogen) atoms. The van der Waals surface area contributed by atoms with Gasteiger partial charge in [-0.1, -0.05) is 18.2 Å². The second-order valence-corrected chi connectivity index (χ2v) is 8.16. The predicted octanol–water partition coefficient (Wildman–Crippen LogP) is 4.48. The number of para-hydroxylation sites is 1. The van der Waals surface area contributed by atoms with E-state index in [1.165, 1.54) is 9.75 Å². The molecule has 0 saturated carbocycles. The van der Waals surface area contributed by atoms with Crippen LogP contribution in [0.4, 0.5) is 0 Å². The van der Waals surface area contributed by atoms with Gasteiger partial charge < -0.3 is 10.1 Å². The summed E-state index contributed by atoms with van der Waals surface area (Å²) in [7, 11) is 1.65. The topological polar surface area (TPSA) is 51.2 Å². The normalized spacial score (nSPS) is 10.7. The average Bonchev–Trinajstić information content (AvgIpc) is 3.29. The molecule has 2 aromatic heterocycles. The minimum atomic E-state index is 0.0720. The Morgan fingerprint density at radius 2 is 2.04 bits per heavy atom. The van der Waals surface area contributed by atoms with Gasteiger partial charge in [0, 0.05) is 23.2 Å². The lowest BCUT2D eigenvalue weighted by atomic mass is 10.1. The van der Waals surface area contributed by atoms with Gasteiger partial charge >= 0.3 is 0 Å². The molecule has 1 amide bonds. The maximum absolute atomic E-state index is 12.1. The smallest absolute Gasteiger partial charge is 0.220 e. The Labute approximate surface area is 161 Å². The molecule has 0 bridgehead atoms. The van der Waals surface area contributed by atoms with E-state index in [1.807, 2.05) is 31.2 Å². The fraction of sp³-hybridized carbons (Fsp3) is 0.300. The number of benzene rings is 1. The third-order valence-electron chi connectivity index (χ3n) is 4.04. The van der Waals surface area contributed by atoms with E-state index in [0.29, 0.717) is 19.4 Å². The molecular formula is C20H22N2O2S2. The molecule has 0 fully saturated rings. The van der Waals surface area contributed by atoms with Crippen molar-refractivity contribution in [3.8, 4) is 16.3 Å². The van der Waals surface area contributed by atoms with Crippen LogP contribution in [-0.4, -0.2) is 24.5 Å². The Bertz CT molecular complexity index is 870. The molecule has 136 valence electrons. The highest BCUT2D eigenvalue weighted by molar-refractivity contribution is 7.16. The number of ether oxygens (including phenoxy) is 1. The molecule has 4 nitrogen and oxygen atoms in total. The number of aromatic nitrogens is 1. The Hall–Kier alpha value is -2.18. The third-order valence-corrected chi connectivity index (χ3v) is 5.98. The van der Waals surface area contributed by atoms with Gasteiger partial charge in [0.1, 0.15) is 5.75 Å².